The Balaban J connectivity index is 2.40. The number of nitrogens with one attached hydrogen (secondary N) is 1. The number of hydrazone groups is 1. The lowest BCUT2D eigenvalue weighted by Crippen LogP contribution is -2.24. The number of aromatic nitrogens is 2. The molecular formula is C12H12ClN5S. The highest BCUT2D eigenvalue weighted by molar-refractivity contribution is 7.80. The Morgan fingerprint density at radius 1 is 1.53 bits per heavy atom. The largest absolute Gasteiger partial charge is 0.375 e. The van der Waals surface area contributed by atoms with E-state index in [9.17, 15) is 0 Å². The normalized spacial score (nSPS) is 10.8. The van der Waals surface area contributed by atoms with Gasteiger partial charge in [0.15, 0.2) is 10.3 Å². The van der Waals surface area contributed by atoms with E-state index >= 15 is 0 Å². The predicted molar refractivity (Wildman–Crippen MR) is 80.8 cm³/mol. The van der Waals surface area contributed by atoms with E-state index in [2.05, 4.69) is 27.7 Å². The summed E-state index contributed by atoms with van der Waals surface area (Å²) in [7, 11) is 0. The van der Waals surface area contributed by atoms with Crippen LogP contribution in [-0.4, -0.2) is 20.9 Å². The summed E-state index contributed by atoms with van der Waals surface area (Å²) < 4.78 is 1.85. The summed E-state index contributed by atoms with van der Waals surface area (Å²) in [6.45, 7) is 2.01. The summed E-state index contributed by atoms with van der Waals surface area (Å²) in [5, 5.41) is 4.35. The van der Waals surface area contributed by atoms with Gasteiger partial charge in [-0.25, -0.2) is 4.98 Å². The number of para-hydroxylation sites is 1. The number of halogens is 1. The Hall–Kier alpha value is -1.92. The van der Waals surface area contributed by atoms with E-state index in [4.69, 9.17) is 17.3 Å². The first-order valence-corrected chi connectivity index (χ1v) is 6.25. The summed E-state index contributed by atoms with van der Waals surface area (Å²) in [5.41, 5.74) is 10.5. The molecule has 1 aromatic heterocycles. The van der Waals surface area contributed by atoms with Crippen molar-refractivity contribution in [2.24, 2.45) is 10.8 Å². The van der Waals surface area contributed by atoms with Crippen molar-refractivity contribution < 1.29 is 0 Å². The highest BCUT2D eigenvalue weighted by Gasteiger charge is 2.10. The fourth-order valence-electron chi connectivity index (χ4n) is 1.63. The van der Waals surface area contributed by atoms with Crippen molar-refractivity contribution in [1.82, 2.24) is 15.0 Å². The van der Waals surface area contributed by atoms with Crippen molar-refractivity contribution in [3.63, 3.8) is 0 Å². The third kappa shape index (κ3) is 3.10. The van der Waals surface area contributed by atoms with Gasteiger partial charge in [-0.05, 0) is 30.8 Å². The van der Waals surface area contributed by atoms with Crippen molar-refractivity contribution in [1.29, 1.82) is 0 Å². The lowest BCUT2D eigenvalue weighted by molar-refractivity contribution is 1.01. The number of imidazole rings is 1. The van der Waals surface area contributed by atoms with E-state index in [0.717, 1.165) is 11.3 Å². The van der Waals surface area contributed by atoms with Crippen LogP contribution in [0.1, 0.15) is 11.3 Å². The SMILES string of the molecule is Cc1ccccc1-n1cnc(Cl)c1C=NNC(N)=S. The highest BCUT2D eigenvalue weighted by atomic mass is 35.5. The average Bonchev–Trinajstić information content (AvgIpc) is 2.72. The zero-order chi connectivity index (χ0) is 13.8. The predicted octanol–water partition coefficient (Wildman–Crippen LogP) is 2.00. The second-order valence-electron chi connectivity index (χ2n) is 3.81. The van der Waals surface area contributed by atoms with E-state index in [-0.39, 0.29) is 5.11 Å². The van der Waals surface area contributed by atoms with Crippen molar-refractivity contribution in [3.05, 3.63) is 47.0 Å². The minimum absolute atomic E-state index is 0.0920. The van der Waals surface area contributed by atoms with Crippen LogP contribution < -0.4 is 11.2 Å². The summed E-state index contributed by atoms with van der Waals surface area (Å²) >= 11 is 10.7. The van der Waals surface area contributed by atoms with Crippen LogP contribution in [0.25, 0.3) is 5.69 Å². The lowest BCUT2D eigenvalue weighted by atomic mass is 10.2. The minimum Gasteiger partial charge on any atom is -0.375 e. The molecule has 1 heterocycles. The fraction of sp³-hybridized carbons (Fsp3) is 0.0833. The maximum atomic E-state index is 6.05. The zero-order valence-corrected chi connectivity index (χ0v) is 11.7. The van der Waals surface area contributed by atoms with Crippen molar-refractivity contribution in [3.8, 4) is 5.69 Å². The number of aryl methyl sites for hydroxylation is 1. The Labute approximate surface area is 121 Å². The number of hydrogen-bond acceptors (Lipinski definition) is 3. The third-order valence-corrected chi connectivity index (χ3v) is 2.88. The van der Waals surface area contributed by atoms with Gasteiger partial charge in [-0.3, -0.25) is 9.99 Å². The smallest absolute Gasteiger partial charge is 0.184 e. The Bertz CT molecular complexity index is 635. The van der Waals surface area contributed by atoms with Crippen LogP contribution >= 0.6 is 23.8 Å². The molecular weight excluding hydrogens is 282 g/mol. The number of benzene rings is 1. The van der Waals surface area contributed by atoms with Gasteiger partial charge in [0.1, 0.15) is 12.0 Å². The molecule has 0 saturated heterocycles. The van der Waals surface area contributed by atoms with Crippen molar-refractivity contribution >= 4 is 35.1 Å². The second kappa shape index (κ2) is 5.81. The second-order valence-corrected chi connectivity index (χ2v) is 4.61. The van der Waals surface area contributed by atoms with Crippen LogP contribution in [-0.2, 0) is 0 Å². The van der Waals surface area contributed by atoms with Gasteiger partial charge in [0.05, 0.1) is 11.9 Å². The first kappa shape index (κ1) is 13.5. The van der Waals surface area contributed by atoms with Crippen LogP contribution in [0.3, 0.4) is 0 Å². The Kier molecular flexibility index (Phi) is 4.13. The summed E-state index contributed by atoms with van der Waals surface area (Å²) in [6.07, 6.45) is 3.17. The van der Waals surface area contributed by atoms with E-state index < -0.39 is 0 Å². The Morgan fingerprint density at radius 2 is 2.26 bits per heavy atom. The molecule has 2 rings (SSSR count). The van der Waals surface area contributed by atoms with Crippen molar-refractivity contribution in [2.75, 3.05) is 0 Å². The van der Waals surface area contributed by atoms with Gasteiger partial charge < -0.3 is 5.73 Å². The maximum absolute atomic E-state index is 6.05. The quantitative estimate of drug-likeness (QED) is 0.516. The first-order valence-electron chi connectivity index (χ1n) is 5.47. The van der Waals surface area contributed by atoms with E-state index in [1.807, 2.05) is 35.8 Å². The van der Waals surface area contributed by atoms with Crippen LogP contribution in [0.2, 0.25) is 5.15 Å². The summed E-state index contributed by atoms with van der Waals surface area (Å²) in [6, 6.07) is 7.91. The molecule has 0 spiro atoms. The molecule has 0 aliphatic rings. The number of nitrogens with two attached hydrogens (primary N) is 1. The molecule has 5 nitrogen and oxygen atoms in total. The number of hydrogen-bond donors (Lipinski definition) is 2. The monoisotopic (exact) mass is 293 g/mol. The van der Waals surface area contributed by atoms with Gasteiger partial charge in [-0.2, -0.15) is 5.10 Å². The summed E-state index contributed by atoms with van der Waals surface area (Å²) in [4.78, 5) is 4.08. The molecule has 19 heavy (non-hydrogen) atoms. The number of rotatable bonds is 3. The summed E-state index contributed by atoms with van der Waals surface area (Å²) in [5.74, 6) is 0. The van der Waals surface area contributed by atoms with Gasteiger partial charge in [-0.15, -0.1) is 0 Å². The average molecular weight is 294 g/mol. The van der Waals surface area contributed by atoms with Crippen LogP contribution in [0, 0.1) is 6.92 Å². The minimum atomic E-state index is 0.0920. The van der Waals surface area contributed by atoms with Gasteiger partial charge in [0.2, 0.25) is 0 Å². The molecule has 3 N–H and O–H groups in total. The van der Waals surface area contributed by atoms with E-state index in [1.165, 1.54) is 6.21 Å². The first-order chi connectivity index (χ1) is 9.09. The van der Waals surface area contributed by atoms with Crippen LogP contribution in [0.5, 0.6) is 0 Å². The molecule has 0 bridgehead atoms. The molecule has 0 saturated carbocycles. The number of nitrogens with zero attached hydrogens (tertiary/aromatic N) is 3. The Morgan fingerprint density at radius 3 is 2.95 bits per heavy atom. The molecule has 1 aromatic carbocycles. The molecule has 0 aliphatic heterocycles. The third-order valence-electron chi connectivity index (χ3n) is 2.49. The standard InChI is InChI=1S/C12H12ClN5S/c1-8-4-2-3-5-9(8)18-7-15-11(13)10(18)6-16-17-12(14)19/h2-7H,1H3,(H3,14,17,19). The molecule has 0 atom stereocenters. The molecule has 0 radical (unpaired) electrons. The maximum Gasteiger partial charge on any atom is 0.184 e. The molecule has 0 unspecified atom stereocenters. The lowest BCUT2D eigenvalue weighted by Gasteiger charge is -2.08. The van der Waals surface area contributed by atoms with E-state index in [0.29, 0.717) is 10.8 Å². The fourth-order valence-corrected chi connectivity index (χ4v) is 1.87. The molecule has 98 valence electrons. The van der Waals surface area contributed by atoms with Gasteiger partial charge >= 0.3 is 0 Å². The molecule has 2 aromatic rings. The van der Waals surface area contributed by atoms with Crippen LogP contribution in [0.4, 0.5) is 0 Å². The van der Waals surface area contributed by atoms with Gasteiger partial charge in [-0.1, -0.05) is 29.8 Å². The molecule has 0 amide bonds. The van der Waals surface area contributed by atoms with Crippen LogP contribution in [0.15, 0.2) is 35.7 Å². The highest BCUT2D eigenvalue weighted by Crippen LogP contribution is 2.19. The zero-order valence-electron chi connectivity index (χ0n) is 10.2. The van der Waals surface area contributed by atoms with Gasteiger partial charge in [0.25, 0.3) is 0 Å². The van der Waals surface area contributed by atoms with Gasteiger partial charge in [0, 0.05) is 0 Å². The molecule has 0 aliphatic carbocycles. The topological polar surface area (TPSA) is 68.2 Å². The molecule has 0 fully saturated rings. The molecule has 7 heteroatoms. The van der Waals surface area contributed by atoms with E-state index in [1.54, 1.807) is 6.33 Å². The van der Waals surface area contributed by atoms with Crippen molar-refractivity contribution in [2.45, 2.75) is 6.92 Å². The number of thiocarbonyl (C=S) groups is 1.